The van der Waals surface area contributed by atoms with Gasteiger partial charge in [-0.05, 0) is 47.1 Å². The van der Waals surface area contributed by atoms with E-state index in [-0.39, 0.29) is 11.1 Å². The Morgan fingerprint density at radius 3 is 2.76 bits per heavy atom. The maximum absolute atomic E-state index is 13.7. The number of benzene rings is 1. The minimum Gasteiger partial charge on any atom is -0.375 e. The van der Waals surface area contributed by atoms with E-state index in [1.807, 2.05) is 19.1 Å². The molecule has 17 heavy (non-hydrogen) atoms. The van der Waals surface area contributed by atoms with Crippen molar-refractivity contribution < 1.29 is 4.39 Å². The van der Waals surface area contributed by atoms with Crippen LogP contribution in [0.4, 0.5) is 10.1 Å². The van der Waals surface area contributed by atoms with Gasteiger partial charge in [0.15, 0.2) is 5.82 Å². The fraction of sp³-hybridized carbons (Fsp3) is 0.167. The van der Waals surface area contributed by atoms with E-state index >= 15 is 0 Å². The summed E-state index contributed by atoms with van der Waals surface area (Å²) in [6.07, 6.45) is 0. The molecule has 0 aliphatic rings. The highest BCUT2D eigenvalue weighted by atomic mass is 79.9. The van der Waals surface area contributed by atoms with Crippen LogP contribution in [0, 0.1) is 5.82 Å². The third-order valence-electron chi connectivity index (χ3n) is 2.34. The van der Waals surface area contributed by atoms with Crippen molar-refractivity contribution in [3.05, 3.63) is 49.8 Å². The summed E-state index contributed by atoms with van der Waals surface area (Å²) in [5.74, 6) is -0.406. The minimum atomic E-state index is -0.406. The standard InChI is InChI=1S/C12H10BrClFNS/c1-7(10-5-6-11(13)17-10)16-9-4-2-3-8(14)12(9)15/h2-7,16H,1H3. The lowest BCUT2D eigenvalue weighted by atomic mass is 10.2. The van der Waals surface area contributed by atoms with Gasteiger partial charge in [0.1, 0.15) is 0 Å². The second-order valence-electron chi connectivity index (χ2n) is 3.61. The quantitative estimate of drug-likeness (QED) is 0.784. The van der Waals surface area contributed by atoms with E-state index < -0.39 is 5.82 Å². The van der Waals surface area contributed by atoms with Crippen molar-refractivity contribution in [2.45, 2.75) is 13.0 Å². The highest BCUT2D eigenvalue weighted by molar-refractivity contribution is 9.11. The van der Waals surface area contributed by atoms with Crippen LogP contribution in [-0.4, -0.2) is 0 Å². The van der Waals surface area contributed by atoms with Crippen LogP contribution >= 0.6 is 38.9 Å². The number of anilines is 1. The van der Waals surface area contributed by atoms with Gasteiger partial charge in [0.05, 0.1) is 20.5 Å². The summed E-state index contributed by atoms with van der Waals surface area (Å²) in [6, 6.07) is 8.97. The lowest BCUT2D eigenvalue weighted by molar-refractivity contribution is 0.628. The number of nitrogens with one attached hydrogen (secondary N) is 1. The Morgan fingerprint density at radius 2 is 2.12 bits per heavy atom. The van der Waals surface area contributed by atoms with Crippen molar-refractivity contribution in [2.75, 3.05) is 5.32 Å². The first-order valence-corrected chi connectivity index (χ1v) is 7.02. The molecule has 0 aliphatic carbocycles. The molecule has 2 aromatic rings. The molecule has 90 valence electrons. The van der Waals surface area contributed by atoms with Crippen LogP contribution in [0.15, 0.2) is 34.1 Å². The van der Waals surface area contributed by atoms with Crippen LogP contribution in [0.1, 0.15) is 17.8 Å². The van der Waals surface area contributed by atoms with Crippen LogP contribution < -0.4 is 5.32 Å². The first kappa shape index (κ1) is 12.9. The highest BCUT2D eigenvalue weighted by Gasteiger charge is 2.11. The predicted molar refractivity (Wildman–Crippen MR) is 75.5 cm³/mol. The molecule has 0 fully saturated rings. The zero-order chi connectivity index (χ0) is 12.4. The number of hydrogen-bond acceptors (Lipinski definition) is 2. The van der Waals surface area contributed by atoms with Gasteiger partial charge in [-0.2, -0.15) is 0 Å². The molecule has 0 bridgehead atoms. The SMILES string of the molecule is CC(Nc1cccc(Cl)c1F)c1ccc(Br)s1. The topological polar surface area (TPSA) is 12.0 Å². The van der Waals surface area contributed by atoms with Crippen molar-refractivity contribution >= 4 is 44.6 Å². The molecule has 0 amide bonds. The van der Waals surface area contributed by atoms with Crippen LogP contribution in [0.3, 0.4) is 0 Å². The minimum absolute atomic E-state index is 0.0410. The summed E-state index contributed by atoms with van der Waals surface area (Å²) < 4.78 is 14.7. The largest absolute Gasteiger partial charge is 0.375 e. The summed E-state index contributed by atoms with van der Waals surface area (Å²) in [5, 5.41) is 3.24. The average Bonchev–Trinajstić information content (AvgIpc) is 2.72. The first-order chi connectivity index (χ1) is 8.08. The summed E-state index contributed by atoms with van der Waals surface area (Å²) in [7, 11) is 0. The molecule has 2 rings (SSSR count). The highest BCUT2D eigenvalue weighted by Crippen LogP contribution is 2.31. The van der Waals surface area contributed by atoms with E-state index in [2.05, 4.69) is 21.2 Å². The van der Waals surface area contributed by atoms with Gasteiger partial charge in [-0.15, -0.1) is 11.3 Å². The normalized spacial score (nSPS) is 12.5. The van der Waals surface area contributed by atoms with Gasteiger partial charge in [0.25, 0.3) is 0 Å². The molecule has 0 aliphatic heterocycles. The third kappa shape index (κ3) is 3.00. The zero-order valence-corrected chi connectivity index (χ0v) is 12.2. The third-order valence-corrected chi connectivity index (χ3v) is 4.44. The number of hydrogen-bond donors (Lipinski definition) is 1. The molecule has 0 radical (unpaired) electrons. The Kier molecular flexibility index (Phi) is 4.07. The number of thiophene rings is 1. The Balaban J connectivity index is 2.18. The van der Waals surface area contributed by atoms with Gasteiger partial charge in [0.2, 0.25) is 0 Å². The van der Waals surface area contributed by atoms with Gasteiger partial charge < -0.3 is 5.32 Å². The molecule has 1 heterocycles. The summed E-state index contributed by atoms with van der Waals surface area (Å²) in [5.41, 5.74) is 0.425. The maximum atomic E-state index is 13.7. The van der Waals surface area contributed by atoms with Crippen LogP contribution in [0.5, 0.6) is 0 Å². The maximum Gasteiger partial charge on any atom is 0.164 e. The summed E-state index contributed by atoms with van der Waals surface area (Å²) >= 11 is 10.8. The lowest BCUT2D eigenvalue weighted by Gasteiger charge is -2.14. The molecule has 0 saturated carbocycles. The molecule has 5 heteroatoms. The Hall–Kier alpha value is -0.580. The second-order valence-corrected chi connectivity index (χ2v) is 6.51. The molecule has 0 saturated heterocycles. The summed E-state index contributed by atoms with van der Waals surface area (Å²) in [6.45, 7) is 1.98. The van der Waals surface area contributed by atoms with Crippen molar-refractivity contribution in [3.63, 3.8) is 0 Å². The molecule has 1 aromatic carbocycles. The molecule has 0 spiro atoms. The number of halogens is 3. The van der Waals surface area contributed by atoms with Crippen LogP contribution in [0.25, 0.3) is 0 Å². The molecule has 1 unspecified atom stereocenters. The fourth-order valence-corrected chi connectivity index (χ4v) is 3.08. The van der Waals surface area contributed by atoms with E-state index in [0.29, 0.717) is 5.69 Å². The summed E-state index contributed by atoms with van der Waals surface area (Å²) in [4.78, 5) is 1.14. The molecule has 1 atom stereocenters. The van der Waals surface area contributed by atoms with Gasteiger partial charge in [0, 0.05) is 4.88 Å². The molecule has 1 N–H and O–H groups in total. The van der Waals surface area contributed by atoms with Gasteiger partial charge in [-0.25, -0.2) is 4.39 Å². The zero-order valence-electron chi connectivity index (χ0n) is 9.01. The van der Waals surface area contributed by atoms with Crippen LogP contribution in [-0.2, 0) is 0 Å². The predicted octanol–water partition coefficient (Wildman–Crippen LogP) is 5.48. The molecular formula is C12H10BrClFNS. The van der Waals surface area contributed by atoms with Gasteiger partial charge in [-0.3, -0.25) is 0 Å². The van der Waals surface area contributed by atoms with Crippen LogP contribution in [0.2, 0.25) is 5.02 Å². The van der Waals surface area contributed by atoms with E-state index in [9.17, 15) is 4.39 Å². The van der Waals surface area contributed by atoms with Crippen molar-refractivity contribution in [2.24, 2.45) is 0 Å². The fourth-order valence-electron chi connectivity index (χ4n) is 1.48. The van der Waals surface area contributed by atoms with Gasteiger partial charge >= 0.3 is 0 Å². The van der Waals surface area contributed by atoms with E-state index in [0.717, 1.165) is 8.66 Å². The number of rotatable bonds is 3. The molecule has 1 nitrogen and oxygen atoms in total. The average molecular weight is 335 g/mol. The Labute approximate surface area is 117 Å². The lowest BCUT2D eigenvalue weighted by Crippen LogP contribution is -2.06. The van der Waals surface area contributed by atoms with E-state index in [4.69, 9.17) is 11.6 Å². The monoisotopic (exact) mass is 333 g/mol. The Morgan fingerprint density at radius 1 is 1.35 bits per heavy atom. The second kappa shape index (κ2) is 5.38. The van der Waals surface area contributed by atoms with E-state index in [1.54, 1.807) is 23.5 Å². The molecular weight excluding hydrogens is 325 g/mol. The van der Waals surface area contributed by atoms with E-state index in [1.165, 1.54) is 6.07 Å². The van der Waals surface area contributed by atoms with Crippen molar-refractivity contribution in [1.82, 2.24) is 0 Å². The van der Waals surface area contributed by atoms with Gasteiger partial charge in [-0.1, -0.05) is 17.7 Å². The smallest absolute Gasteiger partial charge is 0.164 e. The first-order valence-electron chi connectivity index (χ1n) is 5.03. The Bertz CT molecular complexity index is 529. The van der Waals surface area contributed by atoms with Crippen molar-refractivity contribution in [3.8, 4) is 0 Å². The molecule has 1 aromatic heterocycles. The van der Waals surface area contributed by atoms with Crippen molar-refractivity contribution in [1.29, 1.82) is 0 Å².